The number of nitrogens with one attached hydrogen (secondary N) is 4. The summed E-state index contributed by atoms with van der Waals surface area (Å²) in [5.74, 6) is 1.65. The van der Waals surface area contributed by atoms with Gasteiger partial charge in [-0.2, -0.15) is 10.6 Å². The standard InChI is InChI=1S/C38H87N5O12SSi/c1-9-11-14-35(10-2)30-55-31-36(44)27-42-20-19-40-16-15-39-17-18-41-21-22-43(29-38(46)33-54-24-13-26-57(50-6,51-7)52-8)28-37(45)32-53-23-12-25-56(48-4,49-5)34-47-3/h35-42,44-46H,9-34H2,1-8H3. The van der Waals surface area contributed by atoms with Gasteiger partial charge in [-0.1, -0.05) is 33.1 Å². The van der Waals surface area contributed by atoms with Crippen molar-refractivity contribution in [2.45, 2.75) is 76.7 Å². The highest BCUT2D eigenvalue weighted by molar-refractivity contribution is 8.25. The van der Waals surface area contributed by atoms with Crippen molar-refractivity contribution in [3.8, 4) is 0 Å². The van der Waals surface area contributed by atoms with Crippen molar-refractivity contribution >= 4 is 19.4 Å². The van der Waals surface area contributed by atoms with Gasteiger partial charge < -0.3 is 68.8 Å². The first kappa shape index (κ1) is 56.9. The number of rotatable bonds is 45. The predicted molar refractivity (Wildman–Crippen MR) is 231 cm³/mol. The lowest BCUT2D eigenvalue weighted by Gasteiger charge is -2.39. The van der Waals surface area contributed by atoms with E-state index in [4.69, 9.17) is 40.6 Å². The topological polar surface area (TPSA) is 195 Å². The molecule has 7 N–H and O–H groups in total. The zero-order chi connectivity index (χ0) is 42.5. The lowest BCUT2D eigenvalue weighted by molar-refractivity contribution is -0.00993. The Hall–Kier alpha value is -0.113. The second-order valence-electron chi connectivity index (χ2n) is 14.2. The van der Waals surface area contributed by atoms with E-state index >= 15 is 0 Å². The maximum atomic E-state index is 10.8. The zero-order valence-corrected chi connectivity index (χ0v) is 38.9. The number of nitrogens with zero attached hydrogens (tertiary/aromatic N) is 1. The van der Waals surface area contributed by atoms with Crippen LogP contribution in [0.3, 0.4) is 0 Å². The molecular weight excluding hydrogens is 779 g/mol. The summed E-state index contributed by atoms with van der Waals surface area (Å²) >= 11 is 0. The fourth-order valence-electron chi connectivity index (χ4n) is 6.03. The van der Waals surface area contributed by atoms with Crippen LogP contribution in [0, 0.1) is 5.92 Å². The maximum Gasteiger partial charge on any atom is 0.500 e. The first-order valence-corrected chi connectivity index (χ1v) is 24.7. The second kappa shape index (κ2) is 38.8. The molecule has 0 bridgehead atoms. The van der Waals surface area contributed by atoms with Crippen molar-refractivity contribution in [1.29, 1.82) is 0 Å². The summed E-state index contributed by atoms with van der Waals surface area (Å²) < 4.78 is 50.1. The second-order valence-corrected chi connectivity index (χ2v) is 20.1. The first-order chi connectivity index (χ1) is 27.6. The van der Waals surface area contributed by atoms with Gasteiger partial charge in [0.1, 0.15) is 5.94 Å². The quantitative estimate of drug-likeness (QED) is 0.0341. The molecule has 0 saturated carbocycles. The van der Waals surface area contributed by atoms with Crippen molar-refractivity contribution in [1.82, 2.24) is 26.2 Å². The molecule has 0 amide bonds. The van der Waals surface area contributed by atoms with Crippen LogP contribution in [-0.2, 0) is 40.6 Å². The Morgan fingerprint density at radius 3 is 1.65 bits per heavy atom. The summed E-state index contributed by atoms with van der Waals surface area (Å²) in [7, 11) is 5.21. The minimum atomic E-state index is -2.66. The summed E-state index contributed by atoms with van der Waals surface area (Å²) in [5.41, 5.74) is 0. The van der Waals surface area contributed by atoms with E-state index in [9.17, 15) is 15.3 Å². The van der Waals surface area contributed by atoms with Gasteiger partial charge in [-0.15, -0.1) is 0 Å². The van der Waals surface area contributed by atoms with Gasteiger partial charge in [-0.25, -0.2) is 0 Å². The average Bonchev–Trinajstić information content (AvgIpc) is 3.21. The molecule has 0 rings (SSSR count). The van der Waals surface area contributed by atoms with Crippen molar-refractivity contribution in [2.75, 3.05) is 166 Å². The Kier molecular flexibility index (Phi) is 38.7. The molecule has 0 aliphatic carbocycles. The van der Waals surface area contributed by atoms with Gasteiger partial charge in [0.2, 0.25) is 0 Å². The molecule has 0 aromatic heterocycles. The van der Waals surface area contributed by atoms with Crippen LogP contribution < -0.4 is 21.3 Å². The summed E-state index contributed by atoms with van der Waals surface area (Å²) in [6.07, 6.45) is 4.20. The largest absolute Gasteiger partial charge is 0.500 e. The van der Waals surface area contributed by atoms with E-state index < -0.39 is 37.7 Å². The molecule has 19 heteroatoms. The SMILES string of the molecule is CCCCC(CC)COCC(O)CNCCNCCNCCNCCN(CC(O)COCCC[Si](OC)(OC)OC)CC(O)COCCCS(COC)(OC)OC. The monoisotopic (exact) mass is 866 g/mol. The lowest BCUT2D eigenvalue weighted by atomic mass is 10.0. The van der Waals surface area contributed by atoms with Gasteiger partial charge in [-0.3, -0.25) is 13.3 Å². The predicted octanol–water partition coefficient (Wildman–Crippen LogP) is 1.19. The zero-order valence-electron chi connectivity index (χ0n) is 37.1. The van der Waals surface area contributed by atoms with Crippen LogP contribution in [0.25, 0.3) is 0 Å². The van der Waals surface area contributed by atoms with E-state index in [2.05, 4.69) is 35.1 Å². The summed E-state index contributed by atoms with van der Waals surface area (Å²) in [5, 5.41) is 45.4. The fourth-order valence-corrected chi connectivity index (χ4v) is 9.42. The molecule has 0 aromatic carbocycles. The van der Waals surface area contributed by atoms with Crippen LogP contribution in [-0.4, -0.2) is 213 Å². The molecule has 0 aromatic rings. The Morgan fingerprint density at radius 1 is 0.614 bits per heavy atom. The molecule has 4 unspecified atom stereocenters. The molecule has 57 heavy (non-hydrogen) atoms. The molecular formula is C38H87N5O12SSi. The van der Waals surface area contributed by atoms with Crippen molar-refractivity contribution in [2.24, 2.45) is 5.92 Å². The number of unbranched alkanes of at least 4 members (excludes halogenated alkanes) is 1. The third-order valence-corrected chi connectivity index (χ3v) is 15.1. The fraction of sp³-hybridized carbons (Fsp3) is 1.00. The van der Waals surface area contributed by atoms with Crippen LogP contribution in [0.1, 0.15) is 52.4 Å². The minimum absolute atomic E-state index is 0.173. The van der Waals surface area contributed by atoms with Crippen LogP contribution >= 0.6 is 10.6 Å². The summed E-state index contributed by atoms with van der Waals surface area (Å²) in [6, 6.07) is 0.617. The number of methoxy groups -OCH3 is 1. The third kappa shape index (κ3) is 30.5. The van der Waals surface area contributed by atoms with Crippen molar-refractivity contribution < 1.29 is 55.9 Å². The van der Waals surface area contributed by atoms with Crippen molar-refractivity contribution in [3.05, 3.63) is 0 Å². The van der Waals surface area contributed by atoms with Crippen LogP contribution in [0.2, 0.25) is 6.04 Å². The Bertz CT molecular complexity index is 856. The van der Waals surface area contributed by atoms with E-state index in [1.54, 1.807) is 42.7 Å². The highest BCUT2D eigenvalue weighted by Gasteiger charge is 2.36. The van der Waals surface area contributed by atoms with Crippen LogP contribution in [0.15, 0.2) is 0 Å². The Morgan fingerprint density at radius 2 is 1.14 bits per heavy atom. The molecule has 0 aliphatic heterocycles. The van der Waals surface area contributed by atoms with Gasteiger partial charge in [-0.05, 0) is 25.2 Å². The molecule has 0 aliphatic rings. The molecule has 346 valence electrons. The molecule has 0 saturated heterocycles. The van der Waals surface area contributed by atoms with Gasteiger partial charge in [0.25, 0.3) is 0 Å². The smallest absolute Gasteiger partial charge is 0.389 e. The minimum Gasteiger partial charge on any atom is -0.389 e. The van der Waals surface area contributed by atoms with Gasteiger partial charge in [0, 0.05) is 132 Å². The Labute approximate surface area is 349 Å². The highest BCUT2D eigenvalue weighted by Crippen LogP contribution is 2.49. The summed E-state index contributed by atoms with van der Waals surface area (Å²) in [6.45, 7) is 14.2. The number of aliphatic hydroxyl groups excluding tert-OH is 3. The molecule has 0 spiro atoms. The van der Waals surface area contributed by atoms with Gasteiger partial charge >= 0.3 is 8.80 Å². The van der Waals surface area contributed by atoms with Crippen molar-refractivity contribution in [3.63, 3.8) is 0 Å². The normalized spacial score (nSPS) is 15.0. The molecule has 17 nitrogen and oxygen atoms in total. The van der Waals surface area contributed by atoms with E-state index in [-0.39, 0.29) is 13.2 Å². The summed E-state index contributed by atoms with van der Waals surface area (Å²) in [4.78, 5) is 2.03. The average molecular weight is 866 g/mol. The first-order valence-electron chi connectivity index (χ1n) is 21.0. The number of aliphatic hydroxyl groups is 3. The number of hydrogen-bond donors (Lipinski definition) is 7. The third-order valence-electron chi connectivity index (χ3n) is 9.54. The van der Waals surface area contributed by atoms with E-state index in [0.717, 1.165) is 52.3 Å². The van der Waals surface area contributed by atoms with E-state index in [1.807, 2.05) is 4.90 Å². The van der Waals surface area contributed by atoms with E-state index in [1.165, 1.54) is 19.3 Å². The van der Waals surface area contributed by atoms with Gasteiger partial charge in [0.15, 0.2) is 0 Å². The van der Waals surface area contributed by atoms with Gasteiger partial charge in [0.05, 0.1) is 52.4 Å². The Balaban J connectivity index is 4.43. The molecule has 0 heterocycles. The number of ether oxygens (including phenoxy) is 4. The van der Waals surface area contributed by atoms with Crippen LogP contribution in [0.5, 0.6) is 0 Å². The maximum absolute atomic E-state index is 10.8. The number of hydrogen-bond acceptors (Lipinski definition) is 17. The molecule has 4 atom stereocenters. The lowest BCUT2D eigenvalue weighted by Crippen LogP contribution is -2.44. The highest BCUT2D eigenvalue weighted by atomic mass is 32.3. The van der Waals surface area contributed by atoms with Crippen LogP contribution in [0.4, 0.5) is 0 Å². The molecule has 0 radical (unpaired) electrons. The molecule has 0 fully saturated rings. The van der Waals surface area contributed by atoms with E-state index in [0.29, 0.717) is 89.0 Å².